The summed E-state index contributed by atoms with van der Waals surface area (Å²) < 4.78 is 0. The fourth-order valence-electron chi connectivity index (χ4n) is 0.870. The van der Waals surface area contributed by atoms with E-state index in [-0.39, 0.29) is 11.1 Å². The number of ketones is 1. The van der Waals surface area contributed by atoms with E-state index < -0.39 is 0 Å². The molecule has 1 heterocycles. The standard InChI is InChI=1S/C8H9ClN2O/c1-3-6(12)7-5(2)4-10-8(9)11-7/h4H,3H2,1-2H3. The highest BCUT2D eigenvalue weighted by molar-refractivity contribution is 6.28. The molecule has 3 nitrogen and oxygen atoms in total. The Morgan fingerprint density at radius 2 is 2.33 bits per heavy atom. The Hall–Kier alpha value is -0.960. The third-order valence-electron chi connectivity index (χ3n) is 1.53. The third-order valence-corrected chi connectivity index (χ3v) is 1.71. The first-order chi connectivity index (χ1) is 5.65. The number of hydrogen-bond acceptors (Lipinski definition) is 3. The van der Waals surface area contributed by atoms with Crippen LogP contribution in [-0.4, -0.2) is 15.8 Å². The van der Waals surface area contributed by atoms with Crippen molar-refractivity contribution >= 4 is 17.4 Å². The van der Waals surface area contributed by atoms with E-state index in [0.717, 1.165) is 5.56 Å². The van der Waals surface area contributed by atoms with E-state index in [0.29, 0.717) is 12.1 Å². The maximum absolute atomic E-state index is 11.2. The van der Waals surface area contributed by atoms with Crippen LogP contribution in [0.1, 0.15) is 29.4 Å². The Morgan fingerprint density at radius 1 is 1.67 bits per heavy atom. The zero-order valence-electron chi connectivity index (χ0n) is 6.97. The summed E-state index contributed by atoms with van der Waals surface area (Å²) in [4.78, 5) is 18.8. The first-order valence-electron chi connectivity index (χ1n) is 3.67. The summed E-state index contributed by atoms with van der Waals surface area (Å²) in [6.07, 6.45) is 1.99. The van der Waals surface area contributed by atoms with Crippen LogP contribution in [0.2, 0.25) is 5.28 Å². The largest absolute Gasteiger partial charge is 0.292 e. The van der Waals surface area contributed by atoms with Crippen LogP contribution in [0, 0.1) is 6.92 Å². The Labute approximate surface area is 75.8 Å². The Balaban J connectivity index is 3.13. The second-order valence-electron chi connectivity index (χ2n) is 2.45. The van der Waals surface area contributed by atoms with Gasteiger partial charge in [-0.15, -0.1) is 0 Å². The van der Waals surface area contributed by atoms with Gasteiger partial charge in [-0.3, -0.25) is 4.79 Å². The van der Waals surface area contributed by atoms with Crippen LogP contribution in [-0.2, 0) is 0 Å². The van der Waals surface area contributed by atoms with Gasteiger partial charge in [0.2, 0.25) is 5.28 Å². The summed E-state index contributed by atoms with van der Waals surface area (Å²) in [5.74, 6) is -0.00296. The molecule has 0 amide bonds. The lowest BCUT2D eigenvalue weighted by molar-refractivity contribution is 0.0982. The van der Waals surface area contributed by atoms with Gasteiger partial charge >= 0.3 is 0 Å². The summed E-state index contributed by atoms with van der Waals surface area (Å²) in [7, 11) is 0. The Morgan fingerprint density at radius 3 is 2.92 bits per heavy atom. The Kier molecular flexibility index (Phi) is 2.76. The highest BCUT2D eigenvalue weighted by Crippen LogP contribution is 2.09. The fourth-order valence-corrected chi connectivity index (χ4v) is 1.00. The molecular formula is C8H9ClN2O. The van der Waals surface area contributed by atoms with E-state index >= 15 is 0 Å². The molecule has 0 saturated carbocycles. The zero-order chi connectivity index (χ0) is 9.14. The predicted octanol–water partition coefficient (Wildman–Crippen LogP) is 2.03. The van der Waals surface area contributed by atoms with E-state index in [2.05, 4.69) is 9.97 Å². The number of aromatic nitrogens is 2. The maximum Gasteiger partial charge on any atom is 0.223 e. The molecule has 12 heavy (non-hydrogen) atoms. The molecule has 0 aromatic carbocycles. The molecule has 0 bridgehead atoms. The third kappa shape index (κ3) is 1.80. The van der Waals surface area contributed by atoms with Gasteiger partial charge in [-0.1, -0.05) is 6.92 Å². The molecule has 1 aromatic rings. The average molecular weight is 185 g/mol. The molecular weight excluding hydrogens is 176 g/mol. The molecule has 1 rings (SSSR count). The van der Waals surface area contributed by atoms with Gasteiger partial charge in [0.1, 0.15) is 5.69 Å². The summed E-state index contributed by atoms with van der Waals surface area (Å²) in [5, 5.41) is 0.123. The van der Waals surface area contributed by atoms with E-state index in [1.807, 2.05) is 0 Å². The number of aryl methyl sites for hydroxylation is 1. The van der Waals surface area contributed by atoms with Crippen molar-refractivity contribution in [2.24, 2.45) is 0 Å². The summed E-state index contributed by atoms with van der Waals surface area (Å²) >= 11 is 5.54. The maximum atomic E-state index is 11.2. The molecule has 4 heteroatoms. The van der Waals surface area contributed by atoms with E-state index in [1.54, 1.807) is 20.0 Å². The topological polar surface area (TPSA) is 42.9 Å². The fraction of sp³-hybridized carbons (Fsp3) is 0.375. The smallest absolute Gasteiger partial charge is 0.223 e. The van der Waals surface area contributed by atoms with Gasteiger partial charge in [0.15, 0.2) is 5.78 Å². The van der Waals surface area contributed by atoms with Gasteiger partial charge in [-0.2, -0.15) is 0 Å². The highest BCUT2D eigenvalue weighted by Gasteiger charge is 2.09. The van der Waals surface area contributed by atoms with Crippen LogP contribution in [0.5, 0.6) is 0 Å². The number of rotatable bonds is 2. The summed E-state index contributed by atoms with van der Waals surface area (Å²) in [5.41, 5.74) is 1.20. The van der Waals surface area contributed by atoms with Crippen molar-refractivity contribution in [3.05, 3.63) is 22.7 Å². The second kappa shape index (κ2) is 3.63. The Bertz CT molecular complexity index is 312. The van der Waals surface area contributed by atoms with Gasteiger partial charge in [0, 0.05) is 12.6 Å². The van der Waals surface area contributed by atoms with Crippen LogP contribution in [0.3, 0.4) is 0 Å². The molecule has 0 N–H and O–H groups in total. The van der Waals surface area contributed by atoms with Crippen molar-refractivity contribution in [1.29, 1.82) is 0 Å². The first kappa shape index (κ1) is 9.13. The number of halogens is 1. The number of hydrogen-bond donors (Lipinski definition) is 0. The molecule has 0 aliphatic heterocycles. The predicted molar refractivity (Wildman–Crippen MR) is 46.4 cm³/mol. The van der Waals surface area contributed by atoms with E-state index in [4.69, 9.17) is 11.6 Å². The van der Waals surface area contributed by atoms with Crippen molar-refractivity contribution in [3.8, 4) is 0 Å². The van der Waals surface area contributed by atoms with Crippen LogP contribution >= 0.6 is 11.6 Å². The number of nitrogens with zero attached hydrogens (tertiary/aromatic N) is 2. The summed E-state index contributed by atoms with van der Waals surface area (Å²) in [6.45, 7) is 3.58. The van der Waals surface area contributed by atoms with Crippen molar-refractivity contribution < 1.29 is 4.79 Å². The van der Waals surface area contributed by atoms with E-state index in [9.17, 15) is 4.79 Å². The average Bonchev–Trinajstić information content (AvgIpc) is 2.08. The van der Waals surface area contributed by atoms with Gasteiger partial charge in [-0.05, 0) is 24.1 Å². The minimum Gasteiger partial charge on any atom is -0.292 e. The van der Waals surface area contributed by atoms with Crippen molar-refractivity contribution in [3.63, 3.8) is 0 Å². The summed E-state index contributed by atoms with van der Waals surface area (Å²) in [6, 6.07) is 0. The van der Waals surface area contributed by atoms with Gasteiger partial charge in [-0.25, -0.2) is 9.97 Å². The molecule has 0 saturated heterocycles. The highest BCUT2D eigenvalue weighted by atomic mass is 35.5. The monoisotopic (exact) mass is 184 g/mol. The SMILES string of the molecule is CCC(=O)c1nc(Cl)ncc1C. The van der Waals surface area contributed by atoms with Gasteiger partial charge < -0.3 is 0 Å². The van der Waals surface area contributed by atoms with Crippen molar-refractivity contribution in [1.82, 2.24) is 9.97 Å². The second-order valence-corrected chi connectivity index (χ2v) is 2.79. The number of Topliss-reactive ketones (excluding diaryl/α,β-unsaturated/α-hetero) is 1. The molecule has 0 atom stereocenters. The van der Waals surface area contributed by atoms with Crippen molar-refractivity contribution in [2.45, 2.75) is 20.3 Å². The lowest BCUT2D eigenvalue weighted by atomic mass is 10.1. The number of carbonyl (C=O) groups is 1. The van der Waals surface area contributed by atoms with Gasteiger partial charge in [0.25, 0.3) is 0 Å². The minimum atomic E-state index is -0.00296. The van der Waals surface area contributed by atoms with E-state index in [1.165, 1.54) is 0 Å². The van der Waals surface area contributed by atoms with Crippen LogP contribution in [0.4, 0.5) is 0 Å². The van der Waals surface area contributed by atoms with Crippen LogP contribution < -0.4 is 0 Å². The molecule has 0 spiro atoms. The number of carbonyl (C=O) groups excluding carboxylic acids is 1. The first-order valence-corrected chi connectivity index (χ1v) is 4.05. The van der Waals surface area contributed by atoms with Gasteiger partial charge in [0.05, 0.1) is 0 Å². The van der Waals surface area contributed by atoms with Crippen LogP contribution in [0.15, 0.2) is 6.20 Å². The zero-order valence-corrected chi connectivity index (χ0v) is 7.72. The lowest BCUT2D eigenvalue weighted by Gasteiger charge is -2.00. The normalized spacial score (nSPS) is 9.92. The molecule has 0 unspecified atom stereocenters. The molecule has 0 radical (unpaired) electrons. The molecule has 0 aliphatic rings. The van der Waals surface area contributed by atoms with Crippen molar-refractivity contribution in [2.75, 3.05) is 0 Å². The molecule has 0 fully saturated rings. The lowest BCUT2D eigenvalue weighted by Crippen LogP contribution is -2.04. The van der Waals surface area contributed by atoms with Crippen LogP contribution in [0.25, 0.3) is 0 Å². The molecule has 1 aromatic heterocycles. The quantitative estimate of drug-likeness (QED) is 0.522. The molecule has 64 valence electrons. The minimum absolute atomic E-state index is 0.00296. The molecule has 0 aliphatic carbocycles.